The van der Waals surface area contributed by atoms with Gasteiger partial charge in [-0.3, -0.25) is 24.5 Å². The van der Waals surface area contributed by atoms with E-state index in [1.807, 2.05) is 23.9 Å². The summed E-state index contributed by atoms with van der Waals surface area (Å²) >= 11 is 0. The third-order valence-corrected chi connectivity index (χ3v) is 6.17. The minimum absolute atomic E-state index is 0.0397. The number of nitrogens with zero attached hydrogens (tertiary/aromatic N) is 6. The van der Waals surface area contributed by atoms with E-state index in [0.717, 1.165) is 56.3 Å². The van der Waals surface area contributed by atoms with Crippen molar-refractivity contribution in [2.45, 2.75) is 33.2 Å². The third-order valence-electron chi connectivity index (χ3n) is 6.17. The van der Waals surface area contributed by atoms with E-state index in [0.29, 0.717) is 13.0 Å². The van der Waals surface area contributed by atoms with Crippen LogP contribution in [0, 0.1) is 17.0 Å². The van der Waals surface area contributed by atoms with Crippen molar-refractivity contribution in [1.29, 1.82) is 0 Å². The predicted octanol–water partition coefficient (Wildman–Crippen LogP) is 3.03. The first-order chi connectivity index (χ1) is 16.0. The van der Waals surface area contributed by atoms with Crippen LogP contribution in [0.4, 0.5) is 11.5 Å². The summed E-state index contributed by atoms with van der Waals surface area (Å²) in [5.74, 6) is 1.04. The van der Waals surface area contributed by atoms with Crippen molar-refractivity contribution in [3.8, 4) is 5.69 Å². The van der Waals surface area contributed by atoms with Crippen molar-refractivity contribution >= 4 is 11.5 Å². The van der Waals surface area contributed by atoms with E-state index in [-0.39, 0.29) is 11.2 Å². The molecule has 0 aliphatic carbocycles. The third kappa shape index (κ3) is 5.14. The first kappa shape index (κ1) is 22.7. The van der Waals surface area contributed by atoms with Crippen LogP contribution >= 0.6 is 0 Å². The Morgan fingerprint density at radius 2 is 1.76 bits per heavy atom. The number of benzene rings is 1. The average Bonchev–Trinajstić information content (AvgIpc) is 3.15. The molecule has 0 amide bonds. The van der Waals surface area contributed by atoms with Gasteiger partial charge in [0, 0.05) is 69.4 Å². The molecule has 4 rings (SSSR count). The van der Waals surface area contributed by atoms with Gasteiger partial charge in [-0.15, -0.1) is 0 Å². The second-order valence-electron chi connectivity index (χ2n) is 8.41. The second kappa shape index (κ2) is 9.99. The van der Waals surface area contributed by atoms with E-state index in [2.05, 4.69) is 27.8 Å². The van der Waals surface area contributed by atoms with Gasteiger partial charge in [0.15, 0.2) is 0 Å². The average molecular weight is 451 g/mol. The van der Waals surface area contributed by atoms with Gasteiger partial charge in [-0.1, -0.05) is 6.92 Å². The number of piperazine rings is 1. The molecule has 0 unspecified atom stereocenters. The molecule has 9 nitrogen and oxygen atoms in total. The zero-order valence-corrected chi connectivity index (χ0v) is 19.2. The van der Waals surface area contributed by atoms with Crippen LogP contribution in [0.25, 0.3) is 5.69 Å². The highest BCUT2D eigenvalue weighted by Crippen LogP contribution is 2.18. The Balaban J connectivity index is 1.38. The summed E-state index contributed by atoms with van der Waals surface area (Å²) in [4.78, 5) is 32.5. The Kier molecular flexibility index (Phi) is 6.88. The normalized spacial score (nSPS) is 14.5. The Hall–Kier alpha value is -3.46. The van der Waals surface area contributed by atoms with Crippen LogP contribution in [0.3, 0.4) is 0 Å². The number of hydrogen-bond donors (Lipinski definition) is 0. The van der Waals surface area contributed by atoms with Gasteiger partial charge in [0.05, 0.1) is 10.6 Å². The fourth-order valence-corrected chi connectivity index (χ4v) is 4.35. The SMILES string of the molecule is CCc1cc(=O)n(CCCN2CCN(c3cc(C)ccn3)CC2)n1-c1ccc([N+](=O)[O-])cc1. The Morgan fingerprint density at radius 1 is 1.03 bits per heavy atom. The fraction of sp³-hybridized carbons (Fsp3) is 0.417. The number of rotatable bonds is 8. The zero-order chi connectivity index (χ0) is 23.4. The molecule has 0 saturated carbocycles. The van der Waals surface area contributed by atoms with Gasteiger partial charge >= 0.3 is 0 Å². The maximum atomic E-state index is 12.7. The van der Waals surface area contributed by atoms with Crippen molar-refractivity contribution in [3.05, 3.63) is 80.4 Å². The molecular weight excluding hydrogens is 420 g/mol. The van der Waals surface area contributed by atoms with Crippen molar-refractivity contribution in [2.75, 3.05) is 37.6 Å². The van der Waals surface area contributed by atoms with Gasteiger partial charge in [0.25, 0.3) is 11.2 Å². The first-order valence-corrected chi connectivity index (χ1v) is 11.4. The topological polar surface area (TPSA) is 89.4 Å². The maximum absolute atomic E-state index is 12.7. The summed E-state index contributed by atoms with van der Waals surface area (Å²) < 4.78 is 3.64. The predicted molar refractivity (Wildman–Crippen MR) is 128 cm³/mol. The van der Waals surface area contributed by atoms with Crippen LogP contribution in [-0.2, 0) is 13.0 Å². The van der Waals surface area contributed by atoms with Crippen LogP contribution in [0.5, 0.6) is 0 Å². The smallest absolute Gasteiger partial charge is 0.269 e. The van der Waals surface area contributed by atoms with Crippen LogP contribution in [0.1, 0.15) is 24.6 Å². The lowest BCUT2D eigenvalue weighted by molar-refractivity contribution is -0.384. The number of nitro benzene ring substituents is 1. The minimum Gasteiger partial charge on any atom is -0.354 e. The number of non-ortho nitro benzene ring substituents is 1. The van der Waals surface area contributed by atoms with E-state index >= 15 is 0 Å². The van der Waals surface area contributed by atoms with Crippen LogP contribution < -0.4 is 10.5 Å². The van der Waals surface area contributed by atoms with Crippen LogP contribution in [-0.4, -0.2) is 56.9 Å². The molecule has 2 aromatic heterocycles. The molecule has 3 aromatic rings. The summed E-state index contributed by atoms with van der Waals surface area (Å²) in [6.45, 7) is 9.40. The van der Waals surface area contributed by atoms with E-state index < -0.39 is 4.92 Å². The fourth-order valence-electron chi connectivity index (χ4n) is 4.35. The van der Waals surface area contributed by atoms with Crippen molar-refractivity contribution in [3.63, 3.8) is 0 Å². The molecule has 0 N–H and O–H groups in total. The summed E-state index contributed by atoms with van der Waals surface area (Å²) in [6, 6.07) is 12.2. The Bertz CT molecular complexity index is 1160. The highest BCUT2D eigenvalue weighted by atomic mass is 16.6. The van der Waals surface area contributed by atoms with Gasteiger partial charge in [0.1, 0.15) is 5.82 Å². The molecule has 1 aliphatic rings. The van der Waals surface area contributed by atoms with E-state index in [1.54, 1.807) is 22.9 Å². The van der Waals surface area contributed by atoms with E-state index in [9.17, 15) is 14.9 Å². The highest BCUT2D eigenvalue weighted by Gasteiger charge is 2.19. The molecule has 3 heterocycles. The van der Waals surface area contributed by atoms with Gasteiger partial charge in [-0.05, 0) is 49.6 Å². The quantitative estimate of drug-likeness (QED) is 0.387. The molecule has 0 spiro atoms. The molecule has 0 bridgehead atoms. The Morgan fingerprint density at radius 3 is 2.39 bits per heavy atom. The lowest BCUT2D eigenvalue weighted by atomic mass is 10.2. The first-order valence-electron chi connectivity index (χ1n) is 11.4. The van der Waals surface area contributed by atoms with Gasteiger partial charge in [-0.2, -0.15) is 0 Å². The lowest BCUT2D eigenvalue weighted by Gasteiger charge is -2.35. The molecule has 1 fully saturated rings. The number of hydrogen-bond acceptors (Lipinski definition) is 6. The monoisotopic (exact) mass is 450 g/mol. The molecule has 1 aliphatic heterocycles. The van der Waals surface area contributed by atoms with Gasteiger partial charge < -0.3 is 4.90 Å². The molecule has 0 atom stereocenters. The van der Waals surface area contributed by atoms with Crippen molar-refractivity contribution < 1.29 is 4.92 Å². The summed E-state index contributed by atoms with van der Waals surface area (Å²) in [5, 5.41) is 11.0. The van der Waals surface area contributed by atoms with Gasteiger partial charge in [-0.25, -0.2) is 9.67 Å². The molecule has 174 valence electrons. The van der Waals surface area contributed by atoms with E-state index in [4.69, 9.17) is 0 Å². The summed E-state index contributed by atoms with van der Waals surface area (Å²) in [5.41, 5.74) is 2.88. The van der Waals surface area contributed by atoms with Crippen LogP contribution in [0.2, 0.25) is 0 Å². The van der Waals surface area contributed by atoms with Crippen molar-refractivity contribution in [2.24, 2.45) is 0 Å². The maximum Gasteiger partial charge on any atom is 0.269 e. The molecule has 1 saturated heterocycles. The van der Waals surface area contributed by atoms with E-state index in [1.165, 1.54) is 17.7 Å². The number of aryl methyl sites for hydroxylation is 2. The summed E-state index contributed by atoms with van der Waals surface area (Å²) in [6.07, 6.45) is 3.41. The number of anilines is 1. The summed E-state index contributed by atoms with van der Waals surface area (Å²) in [7, 11) is 0. The number of pyridine rings is 1. The largest absolute Gasteiger partial charge is 0.354 e. The Labute approximate surface area is 193 Å². The van der Waals surface area contributed by atoms with Gasteiger partial charge in [0.2, 0.25) is 0 Å². The lowest BCUT2D eigenvalue weighted by Crippen LogP contribution is -2.47. The number of nitro groups is 1. The number of aromatic nitrogens is 3. The zero-order valence-electron chi connectivity index (χ0n) is 19.2. The highest BCUT2D eigenvalue weighted by molar-refractivity contribution is 5.42. The second-order valence-corrected chi connectivity index (χ2v) is 8.41. The van der Waals surface area contributed by atoms with Crippen LogP contribution in [0.15, 0.2) is 53.5 Å². The molecular formula is C24H30N6O3. The molecule has 0 radical (unpaired) electrons. The van der Waals surface area contributed by atoms with Crippen molar-refractivity contribution in [1.82, 2.24) is 19.2 Å². The standard InChI is InChI=1S/C24H30N6O3/c1-3-20-18-24(31)28(29(20)21-5-7-22(8-6-21)30(32)33)12-4-11-26-13-15-27(16-14-26)23-17-19(2)9-10-25-23/h5-10,17-18H,3-4,11-16H2,1-2H3. The molecule has 9 heteroatoms. The minimum atomic E-state index is -0.415. The molecule has 1 aromatic carbocycles. The molecule has 33 heavy (non-hydrogen) atoms.